The summed E-state index contributed by atoms with van der Waals surface area (Å²) in [5.41, 5.74) is 0.0546. The van der Waals surface area contributed by atoms with Crippen LogP contribution in [0.4, 0.5) is 0 Å². The van der Waals surface area contributed by atoms with E-state index in [0.717, 1.165) is 5.57 Å². The number of nitrogens with one attached hydrogen (secondary N) is 1. The largest absolute Gasteiger partial charge is 0.342 e. The van der Waals surface area contributed by atoms with E-state index in [1.807, 2.05) is 40.7 Å². The van der Waals surface area contributed by atoms with Crippen LogP contribution in [-0.4, -0.2) is 34.8 Å². The molecular weight excluding hydrogens is 240 g/mol. The molecule has 1 saturated heterocycles. The van der Waals surface area contributed by atoms with Crippen LogP contribution in [0.5, 0.6) is 0 Å². The molecule has 0 radical (unpaired) electrons. The van der Waals surface area contributed by atoms with Gasteiger partial charge in [0.15, 0.2) is 0 Å². The standard InChI is InChI=1S/C15H26N2O2/c1-10(2)8-9-17-12(18)11(14(3,4)5)16-13(19)15(17,6)7/h8,11H,9H2,1-7H3,(H,16,19). The summed E-state index contributed by atoms with van der Waals surface area (Å²) in [6.45, 7) is 13.9. The van der Waals surface area contributed by atoms with Gasteiger partial charge >= 0.3 is 0 Å². The first-order valence-corrected chi connectivity index (χ1v) is 6.73. The number of nitrogens with zero attached hydrogens (tertiary/aromatic N) is 1. The molecule has 1 heterocycles. The van der Waals surface area contributed by atoms with Crippen LogP contribution in [0, 0.1) is 5.41 Å². The van der Waals surface area contributed by atoms with E-state index in [9.17, 15) is 9.59 Å². The van der Waals surface area contributed by atoms with E-state index in [-0.39, 0.29) is 17.2 Å². The number of piperazine rings is 1. The number of allylic oxidation sites excluding steroid dienone is 1. The lowest BCUT2D eigenvalue weighted by molar-refractivity contribution is -0.157. The van der Waals surface area contributed by atoms with Crippen molar-refractivity contribution in [2.24, 2.45) is 5.41 Å². The molecule has 1 atom stereocenters. The molecule has 1 unspecified atom stereocenters. The van der Waals surface area contributed by atoms with Crippen molar-refractivity contribution in [3.63, 3.8) is 0 Å². The third-order valence-corrected chi connectivity index (χ3v) is 3.57. The molecule has 4 heteroatoms. The van der Waals surface area contributed by atoms with E-state index < -0.39 is 11.6 Å². The van der Waals surface area contributed by atoms with Gasteiger partial charge in [-0.2, -0.15) is 0 Å². The molecule has 0 aromatic rings. The van der Waals surface area contributed by atoms with Gasteiger partial charge in [0, 0.05) is 6.54 Å². The average molecular weight is 266 g/mol. The molecule has 1 N–H and O–H groups in total. The van der Waals surface area contributed by atoms with Crippen molar-refractivity contribution in [2.45, 2.75) is 60.0 Å². The summed E-state index contributed by atoms with van der Waals surface area (Å²) in [5, 5.41) is 2.86. The number of carbonyl (C=O) groups is 2. The average Bonchev–Trinajstić information content (AvgIpc) is 2.21. The van der Waals surface area contributed by atoms with Crippen molar-refractivity contribution in [2.75, 3.05) is 6.54 Å². The first-order valence-electron chi connectivity index (χ1n) is 6.73. The molecule has 1 aliphatic heterocycles. The van der Waals surface area contributed by atoms with E-state index in [2.05, 4.69) is 5.32 Å². The maximum atomic E-state index is 12.6. The highest BCUT2D eigenvalue weighted by atomic mass is 16.2. The molecule has 0 spiro atoms. The summed E-state index contributed by atoms with van der Waals surface area (Å²) < 4.78 is 0. The van der Waals surface area contributed by atoms with E-state index in [1.165, 1.54) is 0 Å². The van der Waals surface area contributed by atoms with Crippen molar-refractivity contribution in [3.05, 3.63) is 11.6 Å². The van der Waals surface area contributed by atoms with Crippen molar-refractivity contribution in [1.29, 1.82) is 0 Å². The predicted molar refractivity (Wildman–Crippen MR) is 76.6 cm³/mol. The molecule has 0 aliphatic carbocycles. The van der Waals surface area contributed by atoms with Crippen molar-refractivity contribution < 1.29 is 9.59 Å². The zero-order valence-corrected chi connectivity index (χ0v) is 13.1. The van der Waals surface area contributed by atoms with Gasteiger partial charge in [-0.3, -0.25) is 9.59 Å². The Labute approximate surface area is 116 Å². The zero-order valence-electron chi connectivity index (χ0n) is 13.1. The van der Waals surface area contributed by atoms with Gasteiger partial charge in [0.05, 0.1) is 0 Å². The highest BCUT2D eigenvalue weighted by Crippen LogP contribution is 2.29. The first-order chi connectivity index (χ1) is 8.48. The SMILES string of the molecule is CC(C)=CCN1C(=O)C(C(C)(C)C)NC(=O)C1(C)C. The topological polar surface area (TPSA) is 49.4 Å². The quantitative estimate of drug-likeness (QED) is 0.778. The smallest absolute Gasteiger partial charge is 0.246 e. The summed E-state index contributed by atoms with van der Waals surface area (Å²) >= 11 is 0. The lowest BCUT2D eigenvalue weighted by atomic mass is 9.82. The fourth-order valence-electron chi connectivity index (χ4n) is 2.10. The van der Waals surface area contributed by atoms with Crippen LogP contribution in [-0.2, 0) is 9.59 Å². The van der Waals surface area contributed by atoms with Gasteiger partial charge in [-0.15, -0.1) is 0 Å². The number of amides is 2. The van der Waals surface area contributed by atoms with Crippen LogP contribution in [0.1, 0.15) is 48.5 Å². The van der Waals surface area contributed by atoms with Gasteiger partial charge in [-0.05, 0) is 33.1 Å². The lowest BCUT2D eigenvalue weighted by Gasteiger charge is -2.47. The number of rotatable bonds is 2. The molecule has 4 nitrogen and oxygen atoms in total. The van der Waals surface area contributed by atoms with E-state index >= 15 is 0 Å². The molecule has 1 aliphatic rings. The number of carbonyl (C=O) groups excluding carboxylic acids is 2. The first kappa shape index (κ1) is 15.7. The Kier molecular flexibility index (Phi) is 4.13. The van der Waals surface area contributed by atoms with Gasteiger partial charge in [0.1, 0.15) is 11.6 Å². The second kappa shape index (κ2) is 4.99. The monoisotopic (exact) mass is 266 g/mol. The fourth-order valence-corrected chi connectivity index (χ4v) is 2.10. The molecule has 2 amide bonds. The zero-order chi connectivity index (χ0) is 15.0. The Morgan fingerprint density at radius 3 is 2.26 bits per heavy atom. The van der Waals surface area contributed by atoms with Gasteiger partial charge < -0.3 is 10.2 Å². The minimum atomic E-state index is -0.801. The molecule has 0 saturated carbocycles. The molecule has 0 aromatic heterocycles. The Bertz CT molecular complexity index is 412. The normalized spacial score (nSPS) is 23.1. The lowest BCUT2D eigenvalue weighted by Crippen LogP contribution is -2.70. The highest BCUT2D eigenvalue weighted by molar-refractivity contribution is 5.99. The molecule has 1 fully saturated rings. The second-order valence-electron chi connectivity index (χ2n) is 7.06. The summed E-state index contributed by atoms with van der Waals surface area (Å²) in [4.78, 5) is 26.6. The fraction of sp³-hybridized carbons (Fsp3) is 0.733. The van der Waals surface area contributed by atoms with Gasteiger partial charge in [-0.25, -0.2) is 0 Å². The third-order valence-electron chi connectivity index (χ3n) is 3.57. The number of hydrogen-bond donors (Lipinski definition) is 1. The van der Waals surface area contributed by atoms with Crippen molar-refractivity contribution >= 4 is 11.8 Å². The van der Waals surface area contributed by atoms with Crippen molar-refractivity contribution in [3.8, 4) is 0 Å². The molecular formula is C15H26N2O2. The predicted octanol–water partition coefficient (Wildman–Crippen LogP) is 2.10. The molecule has 108 valence electrons. The highest BCUT2D eigenvalue weighted by Gasteiger charge is 2.49. The van der Waals surface area contributed by atoms with E-state index in [1.54, 1.807) is 18.7 Å². The Morgan fingerprint density at radius 1 is 1.32 bits per heavy atom. The minimum absolute atomic E-state index is 0.00500. The summed E-state index contributed by atoms with van der Waals surface area (Å²) in [6.07, 6.45) is 1.98. The van der Waals surface area contributed by atoms with Crippen LogP contribution in [0.2, 0.25) is 0 Å². The molecule has 0 bridgehead atoms. The van der Waals surface area contributed by atoms with Crippen LogP contribution >= 0.6 is 0 Å². The van der Waals surface area contributed by atoms with E-state index in [0.29, 0.717) is 6.54 Å². The third kappa shape index (κ3) is 3.17. The maximum absolute atomic E-state index is 12.6. The molecule has 19 heavy (non-hydrogen) atoms. The van der Waals surface area contributed by atoms with Crippen LogP contribution in [0.3, 0.4) is 0 Å². The molecule has 0 aromatic carbocycles. The van der Waals surface area contributed by atoms with Gasteiger partial charge in [0.25, 0.3) is 0 Å². The minimum Gasteiger partial charge on any atom is -0.342 e. The summed E-state index contributed by atoms with van der Waals surface area (Å²) in [5.74, 6) is -0.0937. The Hall–Kier alpha value is -1.32. The number of hydrogen-bond acceptors (Lipinski definition) is 2. The van der Waals surface area contributed by atoms with Crippen LogP contribution in [0.15, 0.2) is 11.6 Å². The van der Waals surface area contributed by atoms with E-state index in [4.69, 9.17) is 0 Å². The Balaban J connectivity index is 3.11. The summed E-state index contributed by atoms with van der Waals surface area (Å²) in [7, 11) is 0. The maximum Gasteiger partial charge on any atom is 0.246 e. The van der Waals surface area contributed by atoms with Gasteiger partial charge in [0.2, 0.25) is 11.8 Å². The molecule has 1 rings (SSSR count). The Morgan fingerprint density at radius 2 is 1.84 bits per heavy atom. The second-order valence-corrected chi connectivity index (χ2v) is 7.06. The summed E-state index contributed by atoms with van der Waals surface area (Å²) in [6, 6.07) is -0.460. The van der Waals surface area contributed by atoms with Crippen LogP contribution in [0.25, 0.3) is 0 Å². The van der Waals surface area contributed by atoms with Gasteiger partial charge in [-0.1, -0.05) is 32.4 Å². The van der Waals surface area contributed by atoms with Crippen molar-refractivity contribution in [1.82, 2.24) is 10.2 Å². The van der Waals surface area contributed by atoms with Crippen LogP contribution < -0.4 is 5.32 Å².